The summed E-state index contributed by atoms with van der Waals surface area (Å²) in [5.41, 5.74) is 0. The van der Waals surface area contributed by atoms with E-state index >= 15 is 0 Å². The van der Waals surface area contributed by atoms with Crippen LogP contribution in [0.2, 0.25) is 0 Å². The van der Waals surface area contributed by atoms with Gasteiger partial charge in [-0.3, -0.25) is 4.79 Å². The van der Waals surface area contributed by atoms with Crippen LogP contribution in [0.1, 0.15) is 46.5 Å². The lowest BCUT2D eigenvalue weighted by Gasteiger charge is -2.40. The number of esters is 1. The van der Waals surface area contributed by atoms with Crippen molar-refractivity contribution in [3.63, 3.8) is 0 Å². The second kappa shape index (κ2) is 8.85. The van der Waals surface area contributed by atoms with Gasteiger partial charge in [-0.15, -0.1) is 0 Å². The summed E-state index contributed by atoms with van der Waals surface area (Å²) in [6, 6.07) is 0.598. The summed E-state index contributed by atoms with van der Waals surface area (Å²) in [5.74, 6) is 2.31. The first-order chi connectivity index (χ1) is 9.08. The van der Waals surface area contributed by atoms with E-state index in [0.29, 0.717) is 17.7 Å². The molecule has 0 aliphatic heterocycles. The molecule has 0 aromatic rings. The molecule has 1 rings (SSSR count). The van der Waals surface area contributed by atoms with Gasteiger partial charge in [0.05, 0.1) is 13.5 Å². The number of nitrogens with one attached hydrogen (secondary N) is 1. The molecule has 0 bridgehead atoms. The van der Waals surface area contributed by atoms with E-state index in [4.69, 9.17) is 4.74 Å². The quantitative estimate of drug-likeness (QED) is 0.730. The Morgan fingerprint density at radius 3 is 2.74 bits per heavy atom. The van der Waals surface area contributed by atoms with Crippen LogP contribution >= 0.6 is 11.8 Å². The third kappa shape index (κ3) is 5.74. The molecule has 0 aromatic carbocycles. The Bertz CT molecular complexity index is 273. The van der Waals surface area contributed by atoms with Crippen LogP contribution in [0.25, 0.3) is 0 Å². The molecule has 0 heterocycles. The maximum absolute atomic E-state index is 11.2. The Morgan fingerprint density at radius 2 is 2.11 bits per heavy atom. The molecule has 1 N–H and O–H groups in total. The van der Waals surface area contributed by atoms with Gasteiger partial charge >= 0.3 is 5.97 Å². The standard InChI is InChI=1S/C15H29NO2S/c1-5-7-16-13-10-11(2)9-12(3)15(13)19-8-6-14(17)18-4/h11-13,15-16H,5-10H2,1-4H3. The highest BCUT2D eigenvalue weighted by Crippen LogP contribution is 2.36. The van der Waals surface area contributed by atoms with E-state index in [2.05, 4.69) is 26.1 Å². The number of thioether (sulfide) groups is 1. The fourth-order valence-corrected chi connectivity index (χ4v) is 4.46. The molecule has 0 saturated heterocycles. The Kier molecular flexibility index (Phi) is 7.84. The van der Waals surface area contributed by atoms with Crippen molar-refractivity contribution in [2.24, 2.45) is 11.8 Å². The van der Waals surface area contributed by atoms with Crippen molar-refractivity contribution in [2.75, 3.05) is 19.4 Å². The van der Waals surface area contributed by atoms with E-state index in [9.17, 15) is 4.79 Å². The van der Waals surface area contributed by atoms with Gasteiger partial charge in [-0.05, 0) is 37.6 Å². The fourth-order valence-electron chi connectivity index (χ4n) is 3.02. The van der Waals surface area contributed by atoms with Crippen LogP contribution in [0.3, 0.4) is 0 Å². The molecule has 0 spiro atoms. The smallest absolute Gasteiger partial charge is 0.306 e. The summed E-state index contributed by atoms with van der Waals surface area (Å²) in [5, 5.41) is 4.33. The summed E-state index contributed by atoms with van der Waals surface area (Å²) < 4.78 is 4.71. The number of carbonyl (C=O) groups is 1. The van der Waals surface area contributed by atoms with Gasteiger partial charge in [0.2, 0.25) is 0 Å². The molecule has 19 heavy (non-hydrogen) atoms. The number of hydrogen-bond acceptors (Lipinski definition) is 4. The first kappa shape index (κ1) is 16.8. The van der Waals surface area contributed by atoms with E-state index < -0.39 is 0 Å². The lowest BCUT2D eigenvalue weighted by atomic mass is 9.80. The van der Waals surface area contributed by atoms with Crippen LogP contribution in [-0.2, 0) is 9.53 Å². The Labute approximate surface area is 122 Å². The van der Waals surface area contributed by atoms with Gasteiger partial charge in [-0.2, -0.15) is 11.8 Å². The van der Waals surface area contributed by atoms with Crippen molar-refractivity contribution in [2.45, 2.75) is 57.7 Å². The maximum atomic E-state index is 11.2. The molecular weight excluding hydrogens is 258 g/mol. The van der Waals surface area contributed by atoms with Crippen LogP contribution in [0.15, 0.2) is 0 Å². The second-order valence-corrected chi connectivity index (χ2v) is 7.06. The molecular formula is C15H29NO2S. The molecule has 1 aliphatic carbocycles. The maximum Gasteiger partial charge on any atom is 0.306 e. The predicted molar refractivity (Wildman–Crippen MR) is 82.5 cm³/mol. The van der Waals surface area contributed by atoms with E-state index in [1.165, 1.54) is 26.4 Å². The molecule has 1 saturated carbocycles. The third-order valence-corrected chi connectivity index (χ3v) is 5.51. The molecule has 0 aromatic heterocycles. The Morgan fingerprint density at radius 1 is 1.37 bits per heavy atom. The highest BCUT2D eigenvalue weighted by Gasteiger charge is 2.33. The zero-order valence-corrected chi connectivity index (χ0v) is 13.6. The first-order valence-corrected chi connectivity index (χ1v) is 8.55. The number of rotatable bonds is 7. The van der Waals surface area contributed by atoms with Gasteiger partial charge in [-0.25, -0.2) is 0 Å². The van der Waals surface area contributed by atoms with Crippen molar-refractivity contribution < 1.29 is 9.53 Å². The lowest BCUT2D eigenvalue weighted by molar-refractivity contribution is -0.140. The molecule has 0 amide bonds. The third-order valence-electron chi connectivity index (χ3n) is 3.89. The lowest BCUT2D eigenvalue weighted by Crippen LogP contribution is -2.46. The van der Waals surface area contributed by atoms with Crippen LogP contribution in [0.4, 0.5) is 0 Å². The summed E-state index contributed by atoms with van der Waals surface area (Å²) in [6.45, 7) is 8.01. The molecule has 3 nitrogen and oxygen atoms in total. The van der Waals surface area contributed by atoms with Gasteiger partial charge < -0.3 is 10.1 Å². The number of carbonyl (C=O) groups excluding carboxylic acids is 1. The molecule has 112 valence electrons. The second-order valence-electron chi connectivity index (χ2n) is 5.78. The summed E-state index contributed by atoms with van der Waals surface area (Å²) >= 11 is 1.95. The van der Waals surface area contributed by atoms with Crippen molar-refractivity contribution >= 4 is 17.7 Å². The van der Waals surface area contributed by atoms with E-state index in [1.54, 1.807) is 0 Å². The summed E-state index contributed by atoms with van der Waals surface area (Å²) in [4.78, 5) is 11.2. The van der Waals surface area contributed by atoms with Crippen LogP contribution in [0, 0.1) is 11.8 Å². The fraction of sp³-hybridized carbons (Fsp3) is 0.933. The molecule has 4 heteroatoms. The highest BCUT2D eigenvalue weighted by molar-refractivity contribution is 8.00. The molecule has 4 unspecified atom stereocenters. The zero-order valence-electron chi connectivity index (χ0n) is 12.8. The average molecular weight is 287 g/mol. The van der Waals surface area contributed by atoms with Gasteiger partial charge in [0.25, 0.3) is 0 Å². The van der Waals surface area contributed by atoms with Gasteiger partial charge in [0.1, 0.15) is 0 Å². The largest absolute Gasteiger partial charge is 0.469 e. The summed E-state index contributed by atoms with van der Waals surface area (Å²) in [7, 11) is 1.46. The van der Waals surface area contributed by atoms with Crippen LogP contribution in [-0.4, -0.2) is 36.7 Å². The predicted octanol–water partition coefficient (Wildman–Crippen LogP) is 3.09. The van der Waals surface area contributed by atoms with E-state index in [1.807, 2.05) is 11.8 Å². The minimum absolute atomic E-state index is 0.0950. The minimum Gasteiger partial charge on any atom is -0.469 e. The molecule has 1 aliphatic rings. The summed E-state index contributed by atoms with van der Waals surface area (Å²) in [6.07, 6.45) is 4.28. The van der Waals surface area contributed by atoms with Gasteiger partial charge in [0.15, 0.2) is 0 Å². The van der Waals surface area contributed by atoms with Crippen molar-refractivity contribution in [3.8, 4) is 0 Å². The Hall–Kier alpha value is -0.220. The molecule has 0 radical (unpaired) electrons. The van der Waals surface area contributed by atoms with E-state index in [-0.39, 0.29) is 5.97 Å². The number of ether oxygens (including phenoxy) is 1. The van der Waals surface area contributed by atoms with Crippen molar-refractivity contribution in [1.82, 2.24) is 5.32 Å². The molecule has 1 fully saturated rings. The van der Waals surface area contributed by atoms with E-state index in [0.717, 1.165) is 24.1 Å². The minimum atomic E-state index is -0.0950. The average Bonchev–Trinajstić information content (AvgIpc) is 2.38. The normalized spacial score (nSPS) is 31.2. The molecule has 4 atom stereocenters. The van der Waals surface area contributed by atoms with Gasteiger partial charge in [-0.1, -0.05) is 20.8 Å². The van der Waals surface area contributed by atoms with Gasteiger partial charge in [0, 0.05) is 17.0 Å². The first-order valence-electron chi connectivity index (χ1n) is 7.50. The Balaban J connectivity index is 2.46. The SMILES string of the molecule is CCCNC1CC(C)CC(C)C1SCCC(=O)OC. The monoisotopic (exact) mass is 287 g/mol. The number of methoxy groups -OCH3 is 1. The van der Waals surface area contributed by atoms with Crippen LogP contribution < -0.4 is 5.32 Å². The zero-order chi connectivity index (χ0) is 14.3. The van der Waals surface area contributed by atoms with Crippen molar-refractivity contribution in [3.05, 3.63) is 0 Å². The van der Waals surface area contributed by atoms with Crippen molar-refractivity contribution in [1.29, 1.82) is 0 Å². The highest BCUT2D eigenvalue weighted by atomic mass is 32.2. The van der Waals surface area contributed by atoms with Crippen LogP contribution in [0.5, 0.6) is 0 Å². The number of hydrogen-bond donors (Lipinski definition) is 1. The topological polar surface area (TPSA) is 38.3 Å².